The van der Waals surface area contributed by atoms with Crippen LogP contribution < -0.4 is 10.6 Å². The van der Waals surface area contributed by atoms with Crippen LogP contribution in [0.5, 0.6) is 0 Å². The molecule has 2 aromatic rings. The molecule has 9 heteroatoms. The van der Waals surface area contributed by atoms with Crippen molar-refractivity contribution in [2.45, 2.75) is 25.6 Å². The van der Waals surface area contributed by atoms with Crippen molar-refractivity contribution in [1.29, 1.82) is 0 Å². The average molecular weight is 389 g/mol. The molecule has 3 rings (SSSR count). The van der Waals surface area contributed by atoms with E-state index < -0.39 is 11.9 Å². The molecule has 2 unspecified atom stereocenters. The molecule has 1 fully saturated rings. The van der Waals surface area contributed by atoms with Gasteiger partial charge in [0.05, 0.1) is 5.69 Å². The minimum absolute atomic E-state index is 0. The molecule has 1 aromatic heterocycles. The Hall–Kier alpha value is -2.06. The molecule has 0 saturated carbocycles. The molecule has 26 heavy (non-hydrogen) atoms. The van der Waals surface area contributed by atoms with Gasteiger partial charge >= 0.3 is 6.18 Å². The molecule has 1 aromatic carbocycles. The van der Waals surface area contributed by atoms with E-state index in [4.69, 9.17) is 0 Å². The topological polar surface area (TPSA) is 58.9 Å². The maximum atomic E-state index is 12.7. The molecule has 1 aliphatic rings. The molecular weight excluding hydrogens is 369 g/mol. The first kappa shape index (κ1) is 20.3. The number of nitrogens with zero attached hydrogens (tertiary/aromatic N) is 2. The van der Waals surface area contributed by atoms with E-state index in [0.717, 1.165) is 30.3 Å². The molecule has 0 aliphatic carbocycles. The Balaban J connectivity index is 0.00000243. The average Bonchev–Trinajstić information content (AvgIpc) is 3.07. The Morgan fingerprint density at radius 3 is 2.77 bits per heavy atom. The van der Waals surface area contributed by atoms with Crippen LogP contribution in [0, 0.1) is 5.92 Å². The SMILES string of the molecule is CC1CNCCC1NC(=O)c1cccc(-n2ccc(C(F)(F)F)n2)c1.Cl. The molecule has 5 nitrogen and oxygen atoms in total. The Kier molecular flexibility index (Phi) is 6.30. The summed E-state index contributed by atoms with van der Waals surface area (Å²) >= 11 is 0. The van der Waals surface area contributed by atoms with E-state index in [9.17, 15) is 18.0 Å². The summed E-state index contributed by atoms with van der Waals surface area (Å²) in [5.74, 6) is 0.0881. The third kappa shape index (κ3) is 4.56. The Labute approximate surface area is 155 Å². The van der Waals surface area contributed by atoms with Crippen molar-refractivity contribution >= 4 is 18.3 Å². The van der Waals surface area contributed by atoms with E-state index in [1.165, 1.54) is 12.3 Å². The molecule has 1 aliphatic heterocycles. The lowest BCUT2D eigenvalue weighted by molar-refractivity contribution is -0.141. The fraction of sp³-hybridized carbons (Fsp3) is 0.412. The summed E-state index contributed by atoms with van der Waals surface area (Å²) in [4.78, 5) is 12.5. The van der Waals surface area contributed by atoms with Gasteiger partial charge in [-0.05, 0) is 49.7 Å². The molecule has 0 bridgehead atoms. The molecule has 2 atom stereocenters. The number of benzene rings is 1. The van der Waals surface area contributed by atoms with E-state index >= 15 is 0 Å². The number of amides is 1. The number of aromatic nitrogens is 2. The predicted molar refractivity (Wildman–Crippen MR) is 93.7 cm³/mol. The number of alkyl halides is 3. The fourth-order valence-electron chi connectivity index (χ4n) is 2.89. The first-order chi connectivity index (χ1) is 11.8. The van der Waals surface area contributed by atoms with E-state index in [1.807, 2.05) is 0 Å². The highest BCUT2D eigenvalue weighted by atomic mass is 35.5. The highest BCUT2D eigenvalue weighted by Crippen LogP contribution is 2.28. The molecule has 2 N–H and O–H groups in total. The summed E-state index contributed by atoms with van der Waals surface area (Å²) < 4.78 is 39.1. The van der Waals surface area contributed by atoms with Crippen molar-refractivity contribution in [2.24, 2.45) is 5.92 Å². The maximum Gasteiger partial charge on any atom is 0.435 e. The summed E-state index contributed by atoms with van der Waals surface area (Å²) in [6.45, 7) is 3.76. The van der Waals surface area contributed by atoms with Gasteiger partial charge in [0.2, 0.25) is 0 Å². The largest absolute Gasteiger partial charge is 0.435 e. The molecule has 1 saturated heterocycles. The highest BCUT2D eigenvalue weighted by Gasteiger charge is 2.33. The third-order valence-electron chi connectivity index (χ3n) is 4.35. The number of rotatable bonds is 3. The monoisotopic (exact) mass is 388 g/mol. The minimum Gasteiger partial charge on any atom is -0.349 e. The van der Waals surface area contributed by atoms with Gasteiger partial charge in [0.25, 0.3) is 5.91 Å². The first-order valence-electron chi connectivity index (χ1n) is 8.09. The van der Waals surface area contributed by atoms with Crippen LogP contribution in [0.4, 0.5) is 13.2 Å². The summed E-state index contributed by atoms with van der Waals surface area (Å²) in [6, 6.07) is 7.40. The lowest BCUT2D eigenvalue weighted by Crippen LogP contribution is -2.48. The smallest absolute Gasteiger partial charge is 0.349 e. The van der Waals surface area contributed by atoms with Gasteiger partial charge in [-0.3, -0.25) is 4.79 Å². The number of piperidine rings is 1. The zero-order valence-corrected chi connectivity index (χ0v) is 14.9. The fourth-order valence-corrected chi connectivity index (χ4v) is 2.89. The predicted octanol–water partition coefficient (Wildman–Crippen LogP) is 3.04. The van der Waals surface area contributed by atoms with Gasteiger partial charge in [-0.15, -0.1) is 12.4 Å². The van der Waals surface area contributed by atoms with Crippen LogP contribution in [-0.2, 0) is 6.18 Å². The van der Waals surface area contributed by atoms with Crippen LogP contribution in [0.15, 0.2) is 36.5 Å². The quantitative estimate of drug-likeness (QED) is 0.849. The molecule has 1 amide bonds. The second-order valence-electron chi connectivity index (χ2n) is 6.24. The number of halogens is 4. The lowest BCUT2D eigenvalue weighted by Gasteiger charge is -2.30. The van der Waals surface area contributed by atoms with E-state index in [-0.39, 0.29) is 24.4 Å². The van der Waals surface area contributed by atoms with Crippen molar-refractivity contribution < 1.29 is 18.0 Å². The number of hydrogen-bond donors (Lipinski definition) is 2. The third-order valence-corrected chi connectivity index (χ3v) is 4.35. The van der Waals surface area contributed by atoms with Gasteiger partial charge in [0.15, 0.2) is 5.69 Å². The van der Waals surface area contributed by atoms with Gasteiger partial charge in [-0.1, -0.05) is 13.0 Å². The van der Waals surface area contributed by atoms with Gasteiger partial charge in [-0.25, -0.2) is 4.68 Å². The Morgan fingerprint density at radius 1 is 1.35 bits per heavy atom. The molecule has 142 valence electrons. The normalized spacial score (nSPS) is 20.3. The second-order valence-corrected chi connectivity index (χ2v) is 6.24. The second kappa shape index (κ2) is 8.09. The zero-order valence-electron chi connectivity index (χ0n) is 14.1. The summed E-state index contributed by atoms with van der Waals surface area (Å²) in [5.41, 5.74) is -0.167. The standard InChI is InChI=1S/C17H19F3N4O.ClH/c1-11-10-21-7-5-14(11)22-16(25)12-3-2-4-13(9-12)24-8-6-15(23-24)17(18,19)20;/h2-4,6,8-9,11,14,21H,5,7,10H2,1H3,(H,22,25);1H. The van der Waals surface area contributed by atoms with Gasteiger partial charge < -0.3 is 10.6 Å². The summed E-state index contributed by atoms with van der Waals surface area (Å²) in [6.07, 6.45) is -2.42. The van der Waals surface area contributed by atoms with Crippen LogP contribution >= 0.6 is 12.4 Å². The van der Waals surface area contributed by atoms with Gasteiger partial charge in [0.1, 0.15) is 0 Å². The Morgan fingerprint density at radius 2 is 2.12 bits per heavy atom. The summed E-state index contributed by atoms with van der Waals surface area (Å²) in [5, 5.41) is 9.80. The first-order valence-corrected chi connectivity index (χ1v) is 8.09. The minimum atomic E-state index is -4.49. The maximum absolute atomic E-state index is 12.7. The van der Waals surface area contributed by atoms with Crippen LogP contribution in [0.3, 0.4) is 0 Å². The summed E-state index contributed by atoms with van der Waals surface area (Å²) in [7, 11) is 0. The van der Waals surface area contributed by atoms with Crippen molar-refractivity contribution in [1.82, 2.24) is 20.4 Å². The van der Waals surface area contributed by atoms with Crippen molar-refractivity contribution in [3.05, 3.63) is 47.8 Å². The lowest BCUT2D eigenvalue weighted by atomic mass is 9.95. The molecular formula is C17H20ClF3N4O. The number of hydrogen-bond acceptors (Lipinski definition) is 3. The molecule has 0 radical (unpaired) electrons. The molecule has 2 heterocycles. The van der Waals surface area contributed by atoms with Crippen molar-refractivity contribution in [2.75, 3.05) is 13.1 Å². The van der Waals surface area contributed by atoms with Crippen LogP contribution in [-0.4, -0.2) is 34.8 Å². The van der Waals surface area contributed by atoms with Crippen LogP contribution in [0.1, 0.15) is 29.4 Å². The Bertz CT molecular complexity index is 762. The van der Waals surface area contributed by atoms with E-state index in [2.05, 4.69) is 22.7 Å². The van der Waals surface area contributed by atoms with Crippen molar-refractivity contribution in [3.8, 4) is 5.69 Å². The van der Waals surface area contributed by atoms with Crippen LogP contribution in [0.2, 0.25) is 0 Å². The van der Waals surface area contributed by atoms with E-state index in [1.54, 1.807) is 18.2 Å². The number of carbonyl (C=O) groups is 1. The zero-order chi connectivity index (χ0) is 18.0. The van der Waals surface area contributed by atoms with Gasteiger partial charge in [0, 0.05) is 17.8 Å². The van der Waals surface area contributed by atoms with E-state index in [0.29, 0.717) is 17.2 Å². The van der Waals surface area contributed by atoms with Crippen molar-refractivity contribution in [3.63, 3.8) is 0 Å². The van der Waals surface area contributed by atoms with Gasteiger partial charge in [-0.2, -0.15) is 18.3 Å². The highest BCUT2D eigenvalue weighted by molar-refractivity contribution is 5.94. The molecule has 0 spiro atoms. The number of nitrogens with one attached hydrogen (secondary N) is 2. The number of carbonyl (C=O) groups excluding carboxylic acids is 1. The van der Waals surface area contributed by atoms with Crippen LogP contribution in [0.25, 0.3) is 5.69 Å².